The van der Waals surface area contributed by atoms with Gasteiger partial charge in [-0.1, -0.05) is 18.9 Å². The monoisotopic (exact) mass is 395 g/mol. The average Bonchev–Trinajstić information content (AvgIpc) is 3.30. The Kier molecular flexibility index (Phi) is 6.04. The number of hydrogen-bond donors (Lipinski definition) is 0. The molecular formula is C19H25NO6S. The molecule has 0 N–H and O–H groups in total. The topological polar surface area (TPSA) is 90.0 Å². The SMILES string of the molecule is COc1cccc(C(=O)OCC(=O)N(C2CCCC2)[C@@H]2CCS(=O)(=O)C2)c1. The van der Waals surface area contributed by atoms with Gasteiger partial charge in [-0.3, -0.25) is 4.79 Å². The zero-order valence-electron chi connectivity index (χ0n) is 15.4. The van der Waals surface area contributed by atoms with Gasteiger partial charge in [0, 0.05) is 12.1 Å². The Labute approximate surface area is 159 Å². The van der Waals surface area contributed by atoms with E-state index in [2.05, 4.69) is 0 Å². The van der Waals surface area contributed by atoms with Crippen LogP contribution in [0, 0.1) is 0 Å². The predicted octanol–water partition coefficient (Wildman–Crippen LogP) is 1.81. The minimum Gasteiger partial charge on any atom is -0.497 e. The van der Waals surface area contributed by atoms with Crippen LogP contribution in [0.5, 0.6) is 5.75 Å². The van der Waals surface area contributed by atoms with Gasteiger partial charge in [0.15, 0.2) is 16.4 Å². The molecule has 0 aromatic heterocycles. The molecular weight excluding hydrogens is 370 g/mol. The molecule has 8 heteroatoms. The summed E-state index contributed by atoms with van der Waals surface area (Å²) in [4.78, 5) is 26.7. The molecule has 0 spiro atoms. The Bertz CT molecular complexity index is 800. The van der Waals surface area contributed by atoms with Crippen LogP contribution in [0.2, 0.25) is 0 Å². The maximum atomic E-state index is 12.8. The molecule has 1 atom stereocenters. The Hall–Kier alpha value is -2.09. The number of carbonyl (C=O) groups is 2. The molecule has 27 heavy (non-hydrogen) atoms. The van der Waals surface area contributed by atoms with Crippen molar-refractivity contribution in [3.63, 3.8) is 0 Å². The number of rotatable bonds is 6. The number of esters is 1. The van der Waals surface area contributed by atoms with Crippen LogP contribution in [-0.2, 0) is 19.4 Å². The first-order chi connectivity index (χ1) is 12.9. The van der Waals surface area contributed by atoms with Gasteiger partial charge in [0.05, 0.1) is 24.2 Å². The molecule has 148 valence electrons. The summed E-state index contributed by atoms with van der Waals surface area (Å²) in [6.07, 6.45) is 4.24. The Morgan fingerprint density at radius 1 is 1.15 bits per heavy atom. The second-order valence-corrected chi connectivity index (χ2v) is 9.33. The lowest BCUT2D eigenvalue weighted by molar-refractivity contribution is -0.139. The van der Waals surface area contributed by atoms with Gasteiger partial charge in [-0.2, -0.15) is 0 Å². The fourth-order valence-electron chi connectivity index (χ4n) is 3.92. The minimum atomic E-state index is -3.10. The molecule has 1 heterocycles. The van der Waals surface area contributed by atoms with Gasteiger partial charge in [-0.15, -0.1) is 0 Å². The Morgan fingerprint density at radius 2 is 1.89 bits per heavy atom. The van der Waals surface area contributed by atoms with Gasteiger partial charge >= 0.3 is 5.97 Å². The summed E-state index contributed by atoms with van der Waals surface area (Å²) in [7, 11) is -1.60. The third-order valence-electron chi connectivity index (χ3n) is 5.24. The molecule has 2 aliphatic rings. The summed E-state index contributed by atoms with van der Waals surface area (Å²) in [5, 5.41) is 0. The van der Waals surface area contributed by atoms with Crippen LogP contribution in [0.15, 0.2) is 24.3 Å². The van der Waals surface area contributed by atoms with E-state index in [0.717, 1.165) is 25.7 Å². The third-order valence-corrected chi connectivity index (χ3v) is 6.99. The van der Waals surface area contributed by atoms with E-state index in [1.807, 2.05) is 0 Å². The zero-order valence-corrected chi connectivity index (χ0v) is 16.2. The number of methoxy groups -OCH3 is 1. The average molecular weight is 395 g/mol. The van der Waals surface area contributed by atoms with Crippen LogP contribution >= 0.6 is 0 Å². The van der Waals surface area contributed by atoms with Crippen molar-refractivity contribution in [1.29, 1.82) is 0 Å². The van der Waals surface area contributed by atoms with Crippen LogP contribution in [0.3, 0.4) is 0 Å². The highest BCUT2D eigenvalue weighted by Crippen LogP contribution is 2.29. The molecule has 1 aromatic carbocycles. The summed E-state index contributed by atoms with van der Waals surface area (Å²) < 4.78 is 34.0. The van der Waals surface area contributed by atoms with Gasteiger partial charge in [0.1, 0.15) is 5.75 Å². The standard InChI is InChI=1S/C19H25NO6S/c1-25-17-8-4-5-14(11-17)19(22)26-12-18(21)20(15-6-2-3-7-15)16-9-10-27(23,24)13-16/h4-5,8,11,15-16H,2-3,6-7,9-10,12-13H2,1H3/t16-/m1/s1. The molecule has 1 aromatic rings. The molecule has 1 aliphatic heterocycles. The van der Waals surface area contributed by atoms with E-state index in [-0.39, 0.29) is 36.1 Å². The van der Waals surface area contributed by atoms with Gasteiger partial charge < -0.3 is 14.4 Å². The lowest BCUT2D eigenvalue weighted by Gasteiger charge is -2.33. The maximum Gasteiger partial charge on any atom is 0.338 e. The highest BCUT2D eigenvalue weighted by atomic mass is 32.2. The maximum absolute atomic E-state index is 12.8. The molecule has 1 saturated heterocycles. The van der Waals surface area contributed by atoms with Crippen molar-refractivity contribution in [2.45, 2.75) is 44.2 Å². The summed E-state index contributed by atoms with van der Waals surface area (Å²) in [6, 6.07) is 6.24. The molecule has 7 nitrogen and oxygen atoms in total. The lowest BCUT2D eigenvalue weighted by atomic mass is 10.1. The summed E-state index contributed by atoms with van der Waals surface area (Å²) in [5.74, 6) is -0.288. The van der Waals surface area contributed by atoms with Gasteiger partial charge in [-0.25, -0.2) is 13.2 Å². The highest BCUT2D eigenvalue weighted by molar-refractivity contribution is 7.91. The molecule has 0 unspecified atom stereocenters. The summed E-state index contributed by atoms with van der Waals surface area (Å²) >= 11 is 0. The first kappa shape index (κ1) is 19.7. The highest BCUT2D eigenvalue weighted by Gasteiger charge is 2.39. The molecule has 0 bridgehead atoms. The Balaban J connectivity index is 1.66. The first-order valence-electron chi connectivity index (χ1n) is 9.22. The van der Waals surface area contributed by atoms with E-state index >= 15 is 0 Å². The van der Waals surface area contributed by atoms with E-state index in [0.29, 0.717) is 17.7 Å². The Morgan fingerprint density at radius 3 is 2.52 bits per heavy atom. The lowest BCUT2D eigenvalue weighted by Crippen LogP contribution is -2.48. The normalized spacial score (nSPS) is 21.7. The fraction of sp³-hybridized carbons (Fsp3) is 0.579. The minimum absolute atomic E-state index is 0.000922. The van der Waals surface area contributed by atoms with Crippen molar-refractivity contribution < 1.29 is 27.5 Å². The molecule has 3 rings (SSSR count). The van der Waals surface area contributed by atoms with Crippen molar-refractivity contribution in [2.75, 3.05) is 25.2 Å². The van der Waals surface area contributed by atoms with E-state index in [1.165, 1.54) is 7.11 Å². The van der Waals surface area contributed by atoms with Crippen LogP contribution < -0.4 is 4.74 Å². The molecule has 1 amide bonds. The van der Waals surface area contributed by atoms with Gasteiger partial charge in [0.25, 0.3) is 5.91 Å². The van der Waals surface area contributed by atoms with E-state index in [9.17, 15) is 18.0 Å². The predicted molar refractivity (Wildman–Crippen MR) is 99.4 cm³/mol. The summed E-state index contributed by atoms with van der Waals surface area (Å²) in [6.45, 7) is -0.386. The molecule has 0 radical (unpaired) electrons. The largest absolute Gasteiger partial charge is 0.497 e. The number of ether oxygens (including phenoxy) is 2. The number of hydrogen-bond acceptors (Lipinski definition) is 6. The van der Waals surface area contributed by atoms with E-state index in [1.54, 1.807) is 29.2 Å². The van der Waals surface area contributed by atoms with Gasteiger partial charge in [-0.05, 0) is 37.5 Å². The number of benzene rings is 1. The van der Waals surface area contributed by atoms with Crippen molar-refractivity contribution in [2.24, 2.45) is 0 Å². The second-order valence-electron chi connectivity index (χ2n) is 7.10. The number of amides is 1. The van der Waals surface area contributed by atoms with Crippen molar-refractivity contribution in [1.82, 2.24) is 4.90 Å². The number of nitrogens with zero attached hydrogens (tertiary/aromatic N) is 1. The van der Waals surface area contributed by atoms with Crippen LogP contribution in [0.1, 0.15) is 42.5 Å². The fourth-order valence-corrected chi connectivity index (χ4v) is 5.63. The van der Waals surface area contributed by atoms with E-state index in [4.69, 9.17) is 9.47 Å². The van der Waals surface area contributed by atoms with Crippen LogP contribution in [-0.4, -0.2) is 62.5 Å². The smallest absolute Gasteiger partial charge is 0.338 e. The molecule has 1 saturated carbocycles. The van der Waals surface area contributed by atoms with Gasteiger partial charge in [0.2, 0.25) is 0 Å². The van der Waals surface area contributed by atoms with Crippen molar-refractivity contribution in [3.05, 3.63) is 29.8 Å². The number of carbonyl (C=O) groups excluding carboxylic acids is 2. The first-order valence-corrected chi connectivity index (χ1v) is 11.0. The zero-order chi connectivity index (χ0) is 19.4. The van der Waals surface area contributed by atoms with Crippen LogP contribution in [0.25, 0.3) is 0 Å². The van der Waals surface area contributed by atoms with Crippen LogP contribution in [0.4, 0.5) is 0 Å². The third kappa shape index (κ3) is 4.80. The number of sulfone groups is 1. The molecule has 2 fully saturated rings. The quantitative estimate of drug-likeness (QED) is 0.683. The van der Waals surface area contributed by atoms with E-state index < -0.39 is 15.8 Å². The van der Waals surface area contributed by atoms with Crippen molar-refractivity contribution >= 4 is 21.7 Å². The summed E-state index contributed by atoms with van der Waals surface area (Å²) in [5.41, 5.74) is 0.304. The molecule has 1 aliphatic carbocycles. The second kappa shape index (κ2) is 8.29. The van der Waals surface area contributed by atoms with Crippen molar-refractivity contribution in [3.8, 4) is 5.75 Å².